The molecule has 0 amide bonds. The summed E-state index contributed by atoms with van der Waals surface area (Å²) in [5.74, 6) is 0.653. The monoisotopic (exact) mass is 365 g/mol. The predicted molar refractivity (Wildman–Crippen MR) is 105 cm³/mol. The van der Waals surface area contributed by atoms with Gasteiger partial charge in [-0.05, 0) is 30.9 Å². The topological polar surface area (TPSA) is 87.9 Å². The van der Waals surface area contributed by atoms with Gasteiger partial charge in [0.15, 0.2) is 0 Å². The van der Waals surface area contributed by atoms with Crippen molar-refractivity contribution in [2.24, 2.45) is 0 Å². The number of rotatable bonds is 3. The lowest BCUT2D eigenvalue weighted by atomic mass is 10.1. The van der Waals surface area contributed by atoms with Crippen LogP contribution in [0.5, 0.6) is 0 Å². The second-order valence-electron chi connectivity index (χ2n) is 6.49. The lowest BCUT2D eigenvalue weighted by Gasteiger charge is -2.29. The lowest BCUT2D eigenvalue weighted by molar-refractivity contribution is 0.553. The summed E-state index contributed by atoms with van der Waals surface area (Å²) >= 11 is 1.33. The number of benzene rings is 1. The molecule has 0 saturated carbocycles. The largest absolute Gasteiger partial charge is 0.396 e. The summed E-state index contributed by atoms with van der Waals surface area (Å²) in [6, 6.07) is 9.59. The fraction of sp³-hybridized carbons (Fsp3) is 0.316. The maximum Gasteiger partial charge on any atom is 0.273 e. The van der Waals surface area contributed by atoms with E-state index in [-0.39, 0.29) is 5.56 Å². The summed E-state index contributed by atoms with van der Waals surface area (Å²) in [5.41, 5.74) is 8.47. The van der Waals surface area contributed by atoms with Crippen molar-refractivity contribution in [2.45, 2.75) is 25.8 Å². The van der Waals surface area contributed by atoms with Gasteiger partial charge < -0.3 is 10.6 Å². The van der Waals surface area contributed by atoms with E-state index in [1.807, 2.05) is 18.2 Å². The third-order valence-corrected chi connectivity index (χ3v) is 5.77. The highest BCUT2D eigenvalue weighted by Crippen LogP contribution is 2.27. The van der Waals surface area contributed by atoms with E-state index < -0.39 is 0 Å². The normalized spacial score (nSPS) is 14.5. The van der Waals surface area contributed by atoms with Crippen molar-refractivity contribution in [3.05, 3.63) is 51.1 Å². The Morgan fingerprint density at radius 1 is 1.23 bits per heavy atom. The Kier molecular flexibility index (Phi) is 4.35. The van der Waals surface area contributed by atoms with Crippen molar-refractivity contribution in [2.75, 3.05) is 23.7 Å². The Morgan fingerprint density at radius 2 is 2.00 bits per heavy atom. The van der Waals surface area contributed by atoms with E-state index in [1.165, 1.54) is 17.8 Å². The van der Waals surface area contributed by atoms with Crippen LogP contribution in [0, 0.1) is 11.3 Å². The van der Waals surface area contributed by atoms with Gasteiger partial charge in [0.2, 0.25) is 5.95 Å². The van der Waals surface area contributed by atoms with Crippen molar-refractivity contribution in [3.63, 3.8) is 0 Å². The van der Waals surface area contributed by atoms with Gasteiger partial charge in [0, 0.05) is 18.5 Å². The molecule has 3 heterocycles. The number of piperidine rings is 1. The quantitative estimate of drug-likeness (QED) is 0.771. The molecule has 26 heavy (non-hydrogen) atoms. The minimum Gasteiger partial charge on any atom is -0.396 e. The molecule has 0 atom stereocenters. The SMILES string of the molecule is N#Cc1ccccc1Cn1c(N2CCCCC2)nc2c(N)csc2c1=O. The smallest absolute Gasteiger partial charge is 0.273 e. The summed E-state index contributed by atoms with van der Waals surface area (Å²) in [4.78, 5) is 20.1. The zero-order chi connectivity index (χ0) is 18.1. The van der Waals surface area contributed by atoms with Gasteiger partial charge in [0.25, 0.3) is 5.56 Å². The molecule has 132 valence electrons. The molecule has 1 aliphatic heterocycles. The number of thiophene rings is 1. The molecule has 2 aromatic heterocycles. The van der Waals surface area contributed by atoms with E-state index in [4.69, 9.17) is 10.7 Å². The van der Waals surface area contributed by atoms with Gasteiger partial charge in [-0.3, -0.25) is 9.36 Å². The van der Waals surface area contributed by atoms with Crippen LogP contribution in [0.25, 0.3) is 10.2 Å². The lowest BCUT2D eigenvalue weighted by Crippen LogP contribution is -2.36. The van der Waals surface area contributed by atoms with Crippen molar-refractivity contribution in [1.29, 1.82) is 5.26 Å². The van der Waals surface area contributed by atoms with Crippen molar-refractivity contribution < 1.29 is 0 Å². The summed E-state index contributed by atoms with van der Waals surface area (Å²) < 4.78 is 2.26. The van der Waals surface area contributed by atoms with E-state index in [0.717, 1.165) is 31.5 Å². The first kappa shape index (κ1) is 16.6. The average molecular weight is 365 g/mol. The number of nitriles is 1. The molecule has 0 radical (unpaired) electrons. The first-order chi connectivity index (χ1) is 12.7. The molecule has 2 N–H and O–H groups in total. The number of nitrogens with two attached hydrogens (primary N) is 1. The highest BCUT2D eigenvalue weighted by Gasteiger charge is 2.21. The third-order valence-electron chi connectivity index (χ3n) is 4.79. The summed E-state index contributed by atoms with van der Waals surface area (Å²) in [5, 5.41) is 11.2. The Labute approximate surface area is 155 Å². The Bertz CT molecular complexity index is 1060. The van der Waals surface area contributed by atoms with E-state index in [2.05, 4.69) is 11.0 Å². The minimum atomic E-state index is -0.0926. The van der Waals surface area contributed by atoms with E-state index in [0.29, 0.717) is 34.0 Å². The van der Waals surface area contributed by atoms with Gasteiger partial charge in [-0.2, -0.15) is 5.26 Å². The number of aromatic nitrogens is 2. The van der Waals surface area contributed by atoms with Crippen LogP contribution in [-0.2, 0) is 6.54 Å². The van der Waals surface area contributed by atoms with E-state index >= 15 is 0 Å². The van der Waals surface area contributed by atoms with Crippen molar-refractivity contribution in [3.8, 4) is 6.07 Å². The van der Waals surface area contributed by atoms with Crippen molar-refractivity contribution in [1.82, 2.24) is 9.55 Å². The van der Waals surface area contributed by atoms with Crippen LogP contribution < -0.4 is 16.2 Å². The molecule has 0 unspecified atom stereocenters. The van der Waals surface area contributed by atoms with Gasteiger partial charge >= 0.3 is 0 Å². The molecule has 6 nitrogen and oxygen atoms in total. The molecule has 1 aromatic carbocycles. The Morgan fingerprint density at radius 3 is 2.77 bits per heavy atom. The molecule has 3 aromatic rings. The second kappa shape index (κ2) is 6.81. The molecule has 4 rings (SSSR count). The number of nitrogen functional groups attached to an aromatic ring is 1. The molecule has 1 saturated heterocycles. The Hall–Kier alpha value is -2.85. The van der Waals surface area contributed by atoms with Crippen molar-refractivity contribution >= 4 is 33.2 Å². The number of anilines is 2. The maximum absolute atomic E-state index is 13.2. The molecule has 0 aliphatic carbocycles. The fourth-order valence-corrected chi connectivity index (χ4v) is 4.26. The molecule has 7 heteroatoms. The van der Waals surface area contributed by atoms with Gasteiger partial charge in [-0.15, -0.1) is 11.3 Å². The fourth-order valence-electron chi connectivity index (χ4n) is 3.42. The summed E-state index contributed by atoms with van der Waals surface area (Å²) in [6.07, 6.45) is 3.37. The molecule has 1 fully saturated rings. The van der Waals surface area contributed by atoms with Crippen LogP contribution in [0.1, 0.15) is 30.4 Å². The standard InChI is InChI=1S/C19H19N5OS/c20-10-13-6-2-3-7-14(13)11-24-18(25)17-16(15(21)12-26-17)22-19(24)23-8-4-1-5-9-23/h2-3,6-7,12H,1,4-5,8-9,11,21H2. The van der Waals surface area contributed by atoms with Gasteiger partial charge in [0.1, 0.15) is 10.2 Å². The highest BCUT2D eigenvalue weighted by molar-refractivity contribution is 7.17. The molecule has 1 aliphatic rings. The summed E-state index contributed by atoms with van der Waals surface area (Å²) in [7, 11) is 0. The number of nitrogens with zero attached hydrogens (tertiary/aromatic N) is 4. The van der Waals surface area contributed by atoms with Gasteiger partial charge in [-0.25, -0.2) is 4.98 Å². The molecular formula is C19H19N5OS. The zero-order valence-electron chi connectivity index (χ0n) is 14.3. The molecule has 0 spiro atoms. The number of hydrogen-bond acceptors (Lipinski definition) is 6. The van der Waals surface area contributed by atoms with Crippen LogP contribution in [-0.4, -0.2) is 22.6 Å². The zero-order valence-corrected chi connectivity index (χ0v) is 15.1. The minimum absolute atomic E-state index is 0.0926. The van der Waals surface area contributed by atoms with E-state index in [9.17, 15) is 10.1 Å². The highest BCUT2D eigenvalue weighted by atomic mass is 32.1. The Balaban J connectivity index is 1.90. The molecule has 0 bridgehead atoms. The van der Waals surface area contributed by atoms with Crippen LogP contribution in [0.4, 0.5) is 11.6 Å². The second-order valence-corrected chi connectivity index (χ2v) is 7.37. The van der Waals surface area contributed by atoms with Crippen LogP contribution in [0.15, 0.2) is 34.4 Å². The van der Waals surface area contributed by atoms with Gasteiger partial charge in [-0.1, -0.05) is 18.2 Å². The predicted octanol–water partition coefficient (Wildman–Crippen LogP) is 2.95. The third kappa shape index (κ3) is 2.82. The molecular weight excluding hydrogens is 346 g/mol. The average Bonchev–Trinajstić information content (AvgIpc) is 3.06. The summed E-state index contributed by atoms with van der Waals surface area (Å²) in [6.45, 7) is 2.08. The van der Waals surface area contributed by atoms with Crippen LogP contribution >= 0.6 is 11.3 Å². The van der Waals surface area contributed by atoms with E-state index in [1.54, 1.807) is 16.0 Å². The first-order valence-corrected chi connectivity index (χ1v) is 9.57. The number of fused-ring (bicyclic) bond motifs is 1. The maximum atomic E-state index is 13.2. The van der Waals surface area contributed by atoms with Crippen LogP contribution in [0.2, 0.25) is 0 Å². The van der Waals surface area contributed by atoms with Crippen LogP contribution in [0.3, 0.4) is 0 Å². The van der Waals surface area contributed by atoms with Gasteiger partial charge in [0.05, 0.1) is 23.9 Å². The first-order valence-electron chi connectivity index (χ1n) is 8.69. The number of hydrogen-bond donors (Lipinski definition) is 1.